The van der Waals surface area contributed by atoms with Crippen LogP contribution in [-0.4, -0.2) is 25.2 Å². The molecule has 1 N–H and O–H groups in total. The van der Waals surface area contributed by atoms with Gasteiger partial charge in [-0.2, -0.15) is 0 Å². The molecule has 1 atom stereocenters. The number of anilines is 2. The quantitative estimate of drug-likeness (QED) is 0.735. The highest BCUT2D eigenvalue weighted by molar-refractivity contribution is 6.12. The van der Waals surface area contributed by atoms with E-state index in [1.165, 1.54) is 18.5 Å². The van der Waals surface area contributed by atoms with Crippen LogP contribution in [0, 0.1) is 5.92 Å². The smallest absolute Gasteiger partial charge is 0.237 e. The molecule has 1 fully saturated rings. The Morgan fingerprint density at radius 3 is 2.65 bits per heavy atom. The van der Waals surface area contributed by atoms with Gasteiger partial charge in [-0.05, 0) is 61.1 Å². The third-order valence-corrected chi connectivity index (χ3v) is 5.09. The Hall–Kier alpha value is -2.62. The largest absolute Gasteiger partial charge is 0.371 e. The first-order chi connectivity index (χ1) is 12.7. The lowest BCUT2D eigenvalue weighted by Gasteiger charge is -2.24. The van der Waals surface area contributed by atoms with Gasteiger partial charge >= 0.3 is 0 Å². The molecule has 26 heavy (non-hydrogen) atoms. The van der Waals surface area contributed by atoms with Gasteiger partial charge in [0.25, 0.3) is 0 Å². The average Bonchev–Trinajstić information content (AvgIpc) is 3.41. The highest BCUT2D eigenvalue weighted by Gasteiger charge is 2.28. The molecule has 2 aromatic rings. The number of hydrogen-bond acceptors (Lipinski definition) is 3. The maximum absolute atomic E-state index is 12.2. The second-order valence-corrected chi connectivity index (χ2v) is 7.24. The fourth-order valence-electron chi connectivity index (χ4n) is 3.50. The van der Waals surface area contributed by atoms with Gasteiger partial charge in [-0.15, -0.1) is 0 Å². The van der Waals surface area contributed by atoms with Crippen LogP contribution in [0.25, 0.3) is 0 Å². The van der Waals surface area contributed by atoms with Gasteiger partial charge in [0.2, 0.25) is 5.91 Å². The highest BCUT2D eigenvalue weighted by atomic mass is 16.2. The maximum atomic E-state index is 12.2. The van der Waals surface area contributed by atoms with E-state index < -0.39 is 0 Å². The third kappa shape index (κ3) is 3.64. The van der Waals surface area contributed by atoms with Crippen molar-refractivity contribution in [3.63, 3.8) is 0 Å². The van der Waals surface area contributed by atoms with E-state index in [0.29, 0.717) is 0 Å². The van der Waals surface area contributed by atoms with E-state index in [2.05, 4.69) is 34.3 Å². The van der Waals surface area contributed by atoms with Gasteiger partial charge < -0.3 is 10.2 Å². The Kier molecular flexibility index (Phi) is 4.74. The lowest BCUT2D eigenvalue weighted by molar-refractivity contribution is -0.115. The van der Waals surface area contributed by atoms with Crippen LogP contribution in [0.3, 0.4) is 0 Å². The normalized spacial score (nSPS) is 18.8. The minimum Gasteiger partial charge on any atom is -0.371 e. The van der Waals surface area contributed by atoms with E-state index >= 15 is 0 Å². The second-order valence-electron chi connectivity index (χ2n) is 7.24. The van der Waals surface area contributed by atoms with Gasteiger partial charge in [-0.25, -0.2) is 0 Å². The number of rotatable bonds is 7. The summed E-state index contributed by atoms with van der Waals surface area (Å²) in [6.45, 7) is 4.48. The van der Waals surface area contributed by atoms with Crippen molar-refractivity contribution in [3.05, 3.63) is 54.1 Å². The monoisotopic (exact) mass is 347 g/mol. The molecular weight excluding hydrogens is 322 g/mol. The van der Waals surface area contributed by atoms with E-state index in [-0.39, 0.29) is 11.8 Å². The Labute approximate surface area is 154 Å². The van der Waals surface area contributed by atoms with Gasteiger partial charge in [-0.1, -0.05) is 25.1 Å². The van der Waals surface area contributed by atoms with E-state index in [1.807, 2.05) is 36.4 Å². The lowest BCUT2D eigenvalue weighted by Crippen LogP contribution is -2.26. The minimum atomic E-state index is -0.308. The first-order valence-electron chi connectivity index (χ1n) is 9.53. The van der Waals surface area contributed by atoms with Crippen molar-refractivity contribution >= 4 is 29.2 Å². The van der Waals surface area contributed by atoms with Crippen LogP contribution in [0.2, 0.25) is 0 Å². The van der Waals surface area contributed by atoms with Crippen molar-refractivity contribution in [2.45, 2.75) is 32.1 Å². The van der Waals surface area contributed by atoms with Crippen molar-refractivity contribution in [2.24, 2.45) is 10.9 Å². The van der Waals surface area contributed by atoms with Crippen LogP contribution in [0.1, 0.15) is 37.7 Å². The molecule has 2 aliphatic rings. The Balaban J connectivity index is 1.47. The number of para-hydroxylation sites is 1. The fraction of sp³-hybridized carbons (Fsp3) is 0.364. The van der Waals surface area contributed by atoms with Crippen LogP contribution in [-0.2, 0) is 4.79 Å². The fourth-order valence-corrected chi connectivity index (χ4v) is 3.50. The second kappa shape index (κ2) is 7.32. The first-order valence-corrected chi connectivity index (χ1v) is 9.53. The predicted octanol–water partition coefficient (Wildman–Crippen LogP) is 4.75. The Bertz CT molecular complexity index is 808. The molecule has 4 heteroatoms. The molecule has 0 saturated heterocycles. The molecule has 1 aliphatic heterocycles. The number of benzene rings is 2. The molecule has 4 rings (SSSR count). The van der Waals surface area contributed by atoms with Gasteiger partial charge in [0.05, 0.1) is 5.69 Å². The molecule has 1 amide bonds. The summed E-state index contributed by atoms with van der Waals surface area (Å²) >= 11 is 0. The van der Waals surface area contributed by atoms with Crippen molar-refractivity contribution in [1.82, 2.24) is 0 Å². The van der Waals surface area contributed by atoms with Crippen LogP contribution < -0.4 is 10.2 Å². The standard InChI is InChI=1S/C22H25N3O/c1-2-13-25(15-16-7-8-16)18-11-9-17(10-12-18)23-14-20-19-5-3-4-6-21(19)24-22(20)26/h3-6,9-12,14,16,20H,2,7-8,13,15H2,1H3,(H,24,26). The number of fused-ring (bicyclic) bond motifs is 1. The molecule has 0 radical (unpaired) electrons. The van der Waals surface area contributed by atoms with Crippen molar-refractivity contribution < 1.29 is 4.79 Å². The number of amides is 1. The summed E-state index contributed by atoms with van der Waals surface area (Å²) in [5.74, 6) is 0.558. The van der Waals surface area contributed by atoms with Gasteiger partial charge in [0.1, 0.15) is 5.92 Å². The number of nitrogens with zero attached hydrogens (tertiary/aromatic N) is 2. The lowest BCUT2D eigenvalue weighted by atomic mass is 10.0. The molecule has 0 aromatic heterocycles. The average molecular weight is 347 g/mol. The molecule has 2 aromatic carbocycles. The topological polar surface area (TPSA) is 44.7 Å². The zero-order chi connectivity index (χ0) is 17.9. The van der Waals surface area contributed by atoms with Crippen molar-refractivity contribution in [1.29, 1.82) is 0 Å². The van der Waals surface area contributed by atoms with E-state index in [1.54, 1.807) is 6.21 Å². The molecule has 0 bridgehead atoms. The van der Waals surface area contributed by atoms with Crippen molar-refractivity contribution in [3.8, 4) is 0 Å². The molecule has 1 saturated carbocycles. The van der Waals surface area contributed by atoms with Crippen LogP contribution in [0.5, 0.6) is 0 Å². The maximum Gasteiger partial charge on any atom is 0.237 e. The van der Waals surface area contributed by atoms with E-state index in [0.717, 1.165) is 42.4 Å². The molecule has 0 spiro atoms. The first kappa shape index (κ1) is 16.8. The van der Waals surface area contributed by atoms with Crippen LogP contribution in [0.15, 0.2) is 53.5 Å². The van der Waals surface area contributed by atoms with E-state index in [4.69, 9.17) is 0 Å². The number of carbonyl (C=O) groups is 1. The predicted molar refractivity (Wildman–Crippen MR) is 108 cm³/mol. The summed E-state index contributed by atoms with van der Waals surface area (Å²) in [6.07, 6.45) is 5.65. The summed E-state index contributed by atoms with van der Waals surface area (Å²) in [6, 6.07) is 16.2. The molecule has 1 heterocycles. The number of aliphatic imine (C=N–C) groups is 1. The molecule has 1 aliphatic carbocycles. The Morgan fingerprint density at radius 1 is 1.15 bits per heavy atom. The SMILES string of the molecule is CCCN(CC1CC1)c1ccc(N=CC2C(=O)Nc3ccccc32)cc1. The van der Waals surface area contributed by atoms with Gasteiger partial charge in [0, 0.05) is 30.7 Å². The van der Waals surface area contributed by atoms with E-state index in [9.17, 15) is 4.79 Å². The zero-order valence-corrected chi connectivity index (χ0v) is 15.2. The summed E-state index contributed by atoms with van der Waals surface area (Å²) in [5, 5.41) is 2.91. The zero-order valence-electron chi connectivity index (χ0n) is 15.2. The Morgan fingerprint density at radius 2 is 1.92 bits per heavy atom. The van der Waals surface area contributed by atoms with Gasteiger partial charge in [0.15, 0.2) is 0 Å². The molecule has 4 nitrogen and oxygen atoms in total. The summed E-state index contributed by atoms with van der Waals surface area (Å²) in [5.41, 5.74) is 4.03. The third-order valence-electron chi connectivity index (χ3n) is 5.09. The highest BCUT2D eigenvalue weighted by Crippen LogP contribution is 2.33. The summed E-state index contributed by atoms with van der Waals surface area (Å²) in [7, 11) is 0. The molecule has 134 valence electrons. The number of hydrogen-bond donors (Lipinski definition) is 1. The van der Waals surface area contributed by atoms with Crippen LogP contribution in [0.4, 0.5) is 17.1 Å². The number of carbonyl (C=O) groups excluding carboxylic acids is 1. The van der Waals surface area contributed by atoms with Crippen molar-refractivity contribution in [2.75, 3.05) is 23.3 Å². The number of nitrogens with one attached hydrogen (secondary N) is 1. The summed E-state index contributed by atoms with van der Waals surface area (Å²) < 4.78 is 0. The minimum absolute atomic E-state index is 0.00914. The molecule has 1 unspecified atom stereocenters. The summed E-state index contributed by atoms with van der Waals surface area (Å²) in [4.78, 5) is 19.2. The molecular formula is C22H25N3O. The van der Waals surface area contributed by atoms with Gasteiger partial charge in [-0.3, -0.25) is 9.79 Å². The van der Waals surface area contributed by atoms with Crippen LogP contribution >= 0.6 is 0 Å².